The van der Waals surface area contributed by atoms with Gasteiger partial charge in [0, 0.05) is 26.2 Å². The topological polar surface area (TPSA) is 37.4 Å². The van der Waals surface area contributed by atoms with Crippen LogP contribution in [0.2, 0.25) is 0 Å². The molecule has 1 unspecified atom stereocenters. The van der Waals surface area contributed by atoms with Crippen LogP contribution in [0.15, 0.2) is 78.9 Å². The van der Waals surface area contributed by atoms with Crippen molar-refractivity contribution >= 4 is 21.6 Å². The molecule has 152 valence electrons. The fourth-order valence-corrected chi connectivity index (χ4v) is 5.08. The third kappa shape index (κ3) is 4.24. The lowest BCUT2D eigenvalue weighted by Crippen LogP contribution is -2.45. The van der Waals surface area contributed by atoms with E-state index < -0.39 is 0 Å². The number of nitrogens with one attached hydrogen (secondary N) is 1. The second kappa shape index (κ2) is 8.96. The second-order valence-electron chi connectivity index (χ2n) is 7.55. The van der Waals surface area contributed by atoms with Crippen LogP contribution in [-0.2, 0) is 6.61 Å². The number of hydrogen-bond donors (Lipinski definition) is 1. The molecule has 1 aliphatic rings. The number of ether oxygens (including phenoxy) is 1. The molecule has 0 saturated carbocycles. The lowest BCUT2D eigenvalue weighted by Gasteiger charge is -2.34. The Morgan fingerprint density at radius 1 is 0.900 bits per heavy atom. The van der Waals surface area contributed by atoms with Crippen molar-refractivity contribution in [1.29, 1.82) is 0 Å². The van der Waals surface area contributed by atoms with Gasteiger partial charge in [0.1, 0.15) is 17.4 Å². The molecule has 3 aromatic carbocycles. The highest BCUT2D eigenvalue weighted by atomic mass is 32.1. The lowest BCUT2D eigenvalue weighted by atomic mass is 10.0. The predicted octanol–water partition coefficient (Wildman–Crippen LogP) is 4.87. The molecule has 1 atom stereocenters. The van der Waals surface area contributed by atoms with Crippen LogP contribution in [0, 0.1) is 0 Å². The average Bonchev–Trinajstić information content (AvgIpc) is 3.24. The monoisotopic (exact) mass is 415 g/mol. The zero-order valence-corrected chi connectivity index (χ0v) is 17.6. The van der Waals surface area contributed by atoms with Gasteiger partial charge in [-0.2, -0.15) is 0 Å². The van der Waals surface area contributed by atoms with E-state index in [1.807, 2.05) is 18.2 Å². The number of rotatable bonds is 6. The van der Waals surface area contributed by atoms with Gasteiger partial charge < -0.3 is 10.1 Å². The Kier molecular flexibility index (Phi) is 5.75. The molecule has 4 aromatic rings. The molecule has 1 N–H and O–H groups in total. The van der Waals surface area contributed by atoms with Gasteiger partial charge in [-0.1, -0.05) is 54.6 Å². The number of fused-ring (bicyclic) bond motifs is 1. The molecule has 4 nitrogen and oxygen atoms in total. The quantitative estimate of drug-likeness (QED) is 0.488. The van der Waals surface area contributed by atoms with Crippen LogP contribution >= 0.6 is 11.3 Å². The summed E-state index contributed by atoms with van der Waals surface area (Å²) in [5.74, 6) is 0.894. The molecule has 1 saturated heterocycles. The van der Waals surface area contributed by atoms with Gasteiger partial charge in [0.25, 0.3) is 0 Å². The Hall–Kier alpha value is -2.73. The van der Waals surface area contributed by atoms with E-state index in [1.165, 1.54) is 15.8 Å². The molecule has 0 spiro atoms. The molecule has 30 heavy (non-hydrogen) atoms. The van der Waals surface area contributed by atoms with Gasteiger partial charge in [0.2, 0.25) is 0 Å². The molecule has 1 aliphatic heterocycles. The van der Waals surface area contributed by atoms with Gasteiger partial charge in [-0.25, -0.2) is 4.98 Å². The summed E-state index contributed by atoms with van der Waals surface area (Å²) in [7, 11) is 0. The number of piperazine rings is 1. The summed E-state index contributed by atoms with van der Waals surface area (Å²) in [5, 5.41) is 4.62. The summed E-state index contributed by atoms with van der Waals surface area (Å²) in [6.07, 6.45) is 0. The van der Waals surface area contributed by atoms with Crippen LogP contribution in [0.1, 0.15) is 22.2 Å². The van der Waals surface area contributed by atoms with E-state index in [9.17, 15) is 0 Å². The van der Waals surface area contributed by atoms with Gasteiger partial charge in [-0.15, -0.1) is 11.3 Å². The van der Waals surface area contributed by atoms with Gasteiger partial charge in [-0.05, 0) is 35.4 Å². The molecule has 1 aromatic heterocycles. The molecular weight excluding hydrogens is 390 g/mol. The minimum absolute atomic E-state index is 0.174. The molecule has 1 fully saturated rings. The summed E-state index contributed by atoms with van der Waals surface area (Å²) < 4.78 is 7.24. The summed E-state index contributed by atoms with van der Waals surface area (Å²) in [5.41, 5.74) is 3.53. The number of thiazole rings is 1. The molecule has 0 amide bonds. The van der Waals surface area contributed by atoms with Crippen molar-refractivity contribution in [3.63, 3.8) is 0 Å². The second-order valence-corrected chi connectivity index (χ2v) is 8.61. The van der Waals surface area contributed by atoms with Crippen molar-refractivity contribution in [3.8, 4) is 5.75 Å². The van der Waals surface area contributed by atoms with Crippen LogP contribution in [0.25, 0.3) is 10.2 Å². The van der Waals surface area contributed by atoms with E-state index >= 15 is 0 Å². The Morgan fingerprint density at radius 2 is 1.63 bits per heavy atom. The average molecular weight is 416 g/mol. The van der Waals surface area contributed by atoms with Crippen molar-refractivity contribution < 1.29 is 4.74 Å². The van der Waals surface area contributed by atoms with Crippen molar-refractivity contribution in [2.24, 2.45) is 0 Å². The normalized spacial score (nSPS) is 15.9. The van der Waals surface area contributed by atoms with Crippen molar-refractivity contribution in [2.45, 2.75) is 12.6 Å². The van der Waals surface area contributed by atoms with Crippen LogP contribution < -0.4 is 10.1 Å². The van der Waals surface area contributed by atoms with E-state index in [-0.39, 0.29) is 6.04 Å². The van der Waals surface area contributed by atoms with Gasteiger partial charge in [-0.3, -0.25) is 4.90 Å². The molecule has 0 aliphatic carbocycles. The summed E-state index contributed by atoms with van der Waals surface area (Å²) in [4.78, 5) is 7.52. The third-order valence-corrected chi connectivity index (χ3v) is 6.59. The van der Waals surface area contributed by atoms with Crippen molar-refractivity contribution in [1.82, 2.24) is 15.2 Å². The number of benzene rings is 3. The van der Waals surface area contributed by atoms with Gasteiger partial charge in [0.05, 0.1) is 16.3 Å². The van der Waals surface area contributed by atoms with E-state index in [0.717, 1.165) is 42.5 Å². The highest BCUT2D eigenvalue weighted by molar-refractivity contribution is 7.18. The van der Waals surface area contributed by atoms with E-state index in [0.29, 0.717) is 6.61 Å². The zero-order chi connectivity index (χ0) is 20.2. The maximum atomic E-state index is 5.99. The van der Waals surface area contributed by atoms with E-state index in [4.69, 9.17) is 9.72 Å². The first-order valence-corrected chi connectivity index (χ1v) is 11.3. The van der Waals surface area contributed by atoms with E-state index in [1.54, 1.807) is 11.3 Å². The maximum absolute atomic E-state index is 5.99. The summed E-state index contributed by atoms with van der Waals surface area (Å²) in [6, 6.07) is 27.4. The van der Waals surface area contributed by atoms with Crippen LogP contribution in [0.3, 0.4) is 0 Å². The Bertz CT molecular complexity index is 1060. The SMILES string of the molecule is c1ccc(COc2ccc(C(c3nc4ccccc4s3)N3CCNCC3)cc2)cc1. The smallest absolute Gasteiger partial charge is 0.119 e. The van der Waals surface area contributed by atoms with Crippen LogP contribution in [0.5, 0.6) is 5.75 Å². The summed E-state index contributed by atoms with van der Waals surface area (Å²) >= 11 is 1.80. The molecule has 5 rings (SSSR count). The van der Waals surface area contributed by atoms with Gasteiger partial charge in [0.15, 0.2) is 0 Å². The number of para-hydroxylation sites is 1. The molecule has 2 heterocycles. The first kappa shape index (κ1) is 19.2. The highest BCUT2D eigenvalue weighted by Crippen LogP contribution is 2.35. The fourth-order valence-electron chi connectivity index (χ4n) is 3.94. The summed E-state index contributed by atoms with van der Waals surface area (Å²) in [6.45, 7) is 4.65. The van der Waals surface area contributed by atoms with Gasteiger partial charge >= 0.3 is 0 Å². The Morgan fingerprint density at radius 3 is 2.40 bits per heavy atom. The number of aromatic nitrogens is 1. The molecule has 0 radical (unpaired) electrons. The molecule has 0 bridgehead atoms. The zero-order valence-electron chi connectivity index (χ0n) is 16.8. The number of hydrogen-bond acceptors (Lipinski definition) is 5. The van der Waals surface area contributed by atoms with Crippen LogP contribution in [0.4, 0.5) is 0 Å². The predicted molar refractivity (Wildman–Crippen MR) is 123 cm³/mol. The third-order valence-electron chi connectivity index (χ3n) is 5.51. The van der Waals surface area contributed by atoms with Crippen molar-refractivity contribution in [2.75, 3.05) is 26.2 Å². The highest BCUT2D eigenvalue weighted by Gasteiger charge is 2.26. The first-order valence-electron chi connectivity index (χ1n) is 10.4. The Labute approximate surface area is 181 Å². The number of nitrogens with zero attached hydrogens (tertiary/aromatic N) is 2. The maximum Gasteiger partial charge on any atom is 0.119 e. The largest absolute Gasteiger partial charge is 0.489 e. The first-order chi connectivity index (χ1) is 14.9. The standard InChI is InChI=1S/C25H25N3OS/c1-2-6-19(7-3-1)18-29-21-12-10-20(11-13-21)24(28-16-14-26-15-17-28)25-27-22-8-4-5-9-23(22)30-25/h1-13,24,26H,14-18H2. The lowest BCUT2D eigenvalue weighted by molar-refractivity contribution is 0.198. The minimum Gasteiger partial charge on any atom is -0.489 e. The van der Waals surface area contributed by atoms with E-state index in [2.05, 4.69) is 70.9 Å². The molecule has 5 heteroatoms. The van der Waals surface area contributed by atoms with Crippen molar-refractivity contribution in [3.05, 3.63) is 95.0 Å². The fraction of sp³-hybridized carbons (Fsp3) is 0.240. The van der Waals surface area contributed by atoms with Crippen LogP contribution in [-0.4, -0.2) is 36.1 Å². The molecular formula is C25H25N3OS. The Balaban J connectivity index is 1.40. The minimum atomic E-state index is 0.174.